The van der Waals surface area contributed by atoms with E-state index in [4.69, 9.17) is 9.15 Å². The Labute approximate surface area is 157 Å². The molecule has 0 atom stereocenters. The second-order valence-corrected chi connectivity index (χ2v) is 8.13. The molecule has 1 aromatic carbocycles. The fourth-order valence-corrected chi connectivity index (χ4v) is 3.33. The average molecular weight is 389 g/mol. The highest BCUT2D eigenvalue weighted by Gasteiger charge is 2.18. The minimum Gasteiger partial charge on any atom is -0.455 e. The molecule has 0 unspecified atom stereocenters. The Balaban J connectivity index is 1.63. The third-order valence-corrected chi connectivity index (χ3v) is 5.60. The lowest BCUT2D eigenvalue weighted by molar-refractivity contribution is 0.0433. The second kappa shape index (κ2) is 7.77. The highest BCUT2D eigenvalue weighted by atomic mass is 32.2. The summed E-state index contributed by atoms with van der Waals surface area (Å²) < 4.78 is 37.9. The van der Waals surface area contributed by atoms with Gasteiger partial charge in [0.15, 0.2) is 0 Å². The molecule has 2 heterocycles. The number of furan rings is 1. The number of sulfonamides is 1. The largest absolute Gasteiger partial charge is 0.455 e. The van der Waals surface area contributed by atoms with Gasteiger partial charge in [0.2, 0.25) is 15.8 Å². The van der Waals surface area contributed by atoms with Crippen LogP contribution in [0.1, 0.15) is 21.9 Å². The van der Waals surface area contributed by atoms with Crippen molar-refractivity contribution in [1.82, 2.24) is 14.1 Å². The summed E-state index contributed by atoms with van der Waals surface area (Å²) in [6, 6.07) is 11.3. The number of hydrogen-bond donors (Lipinski definition) is 0. The van der Waals surface area contributed by atoms with Crippen LogP contribution >= 0.6 is 0 Å². The predicted molar refractivity (Wildman–Crippen MR) is 96.5 cm³/mol. The van der Waals surface area contributed by atoms with Crippen molar-refractivity contribution in [1.29, 1.82) is 0 Å². The first kappa shape index (κ1) is 18.9. The highest BCUT2D eigenvalue weighted by Crippen LogP contribution is 2.16. The fourth-order valence-electron chi connectivity index (χ4n) is 2.35. The van der Waals surface area contributed by atoms with Gasteiger partial charge in [-0.15, -0.1) is 0 Å². The van der Waals surface area contributed by atoms with Gasteiger partial charge < -0.3 is 9.15 Å². The van der Waals surface area contributed by atoms with Crippen LogP contribution in [0, 0.1) is 0 Å². The Bertz CT molecular complexity index is 1020. The Hall–Kier alpha value is -2.91. The molecule has 27 heavy (non-hydrogen) atoms. The molecule has 8 nitrogen and oxygen atoms in total. The van der Waals surface area contributed by atoms with E-state index in [0.29, 0.717) is 17.9 Å². The lowest BCUT2D eigenvalue weighted by Gasteiger charge is -2.12. The van der Waals surface area contributed by atoms with Crippen LogP contribution in [0.3, 0.4) is 0 Å². The standard InChI is InChI=1S/C18H19N3O5S/c1-20(2)27(23,24)16-6-3-5-14(11-16)13-25-18(22)17-8-7-15(26-17)12-21-10-4-9-19-21/h3-11H,12-13H2,1-2H3. The van der Waals surface area contributed by atoms with Gasteiger partial charge in [0.25, 0.3) is 0 Å². The van der Waals surface area contributed by atoms with Crippen LogP contribution in [-0.4, -0.2) is 42.6 Å². The van der Waals surface area contributed by atoms with E-state index in [1.165, 1.54) is 32.3 Å². The number of carbonyl (C=O) groups excluding carboxylic acids is 1. The molecule has 3 rings (SSSR count). The first-order valence-corrected chi connectivity index (χ1v) is 9.55. The van der Waals surface area contributed by atoms with Crippen LogP contribution in [0.4, 0.5) is 0 Å². The molecule has 0 amide bonds. The molecule has 0 N–H and O–H groups in total. The normalized spacial score (nSPS) is 11.7. The van der Waals surface area contributed by atoms with E-state index >= 15 is 0 Å². The SMILES string of the molecule is CN(C)S(=O)(=O)c1cccc(COC(=O)c2ccc(Cn3cccn3)o2)c1. The van der Waals surface area contributed by atoms with E-state index in [0.717, 1.165) is 4.31 Å². The molecule has 0 bridgehead atoms. The molecule has 0 spiro atoms. The lowest BCUT2D eigenvalue weighted by atomic mass is 10.2. The van der Waals surface area contributed by atoms with Gasteiger partial charge in [0, 0.05) is 26.5 Å². The molecular weight excluding hydrogens is 370 g/mol. The number of hydrogen-bond acceptors (Lipinski definition) is 6. The van der Waals surface area contributed by atoms with E-state index in [1.807, 2.05) is 0 Å². The minimum absolute atomic E-state index is 0.0647. The van der Waals surface area contributed by atoms with E-state index in [2.05, 4.69) is 5.10 Å². The molecule has 0 aliphatic carbocycles. The Kier molecular flexibility index (Phi) is 5.43. The number of rotatable bonds is 7. The lowest BCUT2D eigenvalue weighted by Crippen LogP contribution is -2.22. The van der Waals surface area contributed by atoms with Crippen LogP contribution < -0.4 is 0 Å². The topological polar surface area (TPSA) is 94.6 Å². The van der Waals surface area contributed by atoms with Gasteiger partial charge in [0.05, 0.1) is 11.4 Å². The van der Waals surface area contributed by atoms with Crippen molar-refractivity contribution in [2.45, 2.75) is 18.0 Å². The third kappa shape index (κ3) is 4.44. The molecule has 0 saturated heterocycles. The molecule has 0 radical (unpaired) electrons. The van der Waals surface area contributed by atoms with Crippen molar-refractivity contribution in [2.75, 3.05) is 14.1 Å². The molecule has 3 aromatic rings. The number of esters is 1. The molecular formula is C18H19N3O5S. The third-order valence-electron chi connectivity index (χ3n) is 3.79. The number of nitrogens with zero attached hydrogens (tertiary/aromatic N) is 3. The monoisotopic (exact) mass is 389 g/mol. The number of aromatic nitrogens is 2. The average Bonchev–Trinajstić information content (AvgIpc) is 3.32. The zero-order valence-electron chi connectivity index (χ0n) is 14.9. The summed E-state index contributed by atoms with van der Waals surface area (Å²) in [5, 5.41) is 4.07. The summed E-state index contributed by atoms with van der Waals surface area (Å²) in [7, 11) is -0.629. The number of benzene rings is 1. The quantitative estimate of drug-likeness (QED) is 0.575. The van der Waals surface area contributed by atoms with Gasteiger partial charge >= 0.3 is 5.97 Å². The van der Waals surface area contributed by atoms with E-state index in [9.17, 15) is 13.2 Å². The van der Waals surface area contributed by atoms with Gasteiger partial charge in [-0.25, -0.2) is 17.5 Å². The van der Waals surface area contributed by atoms with Crippen molar-refractivity contribution >= 4 is 16.0 Å². The summed E-state index contributed by atoms with van der Waals surface area (Å²) in [6.07, 6.45) is 3.44. The summed E-state index contributed by atoms with van der Waals surface area (Å²) in [5.74, 6) is 0.0292. The number of ether oxygens (including phenoxy) is 1. The molecule has 0 aliphatic rings. The van der Waals surface area contributed by atoms with Crippen LogP contribution in [0.5, 0.6) is 0 Å². The number of carbonyl (C=O) groups is 1. The smallest absolute Gasteiger partial charge is 0.374 e. The van der Waals surface area contributed by atoms with Crippen LogP contribution in [0.25, 0.3) is 0 Å². The molecule has 0 fully saturated rings. The molecule has 0 saturated carbocycles. The second-order valence-electron chi connectivity index (χ2n) is 5.98. The van der Waals surface area contributed by atoms with Crippen molar-refractivity contribution in [3.63, 3.8) is 0 Å². The Morgan fingerprint density at radius 2 is 2.04 bits per heavy atom. The highest BCUT2D eigenvalue weighted by molar-refractivity contribution is 7.89. The molecule has 0 aliphatic heterocycles. The first-order valence-electron chi connectivity index (χ1n) is 8.11. The van der Waals surface area contributed by atoms with E-state index in [-0.39, 0.29) is 17.3 Å². The van der Waals surface area contributed by atoms with Crippen molar-refractivity contribution in [2.24, 2.45) is 0 Å². The molecule has 2 aromatic heterocycles. The molecule has 142 valence electrons. The summed E-state index contributed by atoms with van der Waals surface area (Å²) in [6.45, 7) is 0.343. The van der Waals surface area contributed by atoms with Gasteiger partial charge in [-0.3, -0.25) is 4.68 Å². The zero-order chi connectivity index (χ0) is 19.4. The molecule has 9 heteroatoms. The first-order chi connectivity index (χ1) is 12.9. The van der Waals surface area contributed by atoms with Crippen molar-refractivity contribution < 1.29 is 22.4 Å². The van der Waals surface area contributed by atoms with Crippen molar-refractivity contribution in [3.8, 4) is 0 Å². The van der Waals surface area contributed by atoms with Gasteiger partial charge in [-0.05, 0) is 35.9 Å². The summed E-state index contributed by atoms with van der Waals surface area (Å²) in [5.41, 5.74) is 0.564. The van der Waals surface area contributed by atoms with Crippen LogP contribution in [0.15, 0.2) is 64.2 Å². The van der Waals surface area contributed by atoms with Crippen LogP contribution in [-0.2, 0) is 27.9 Å². The van der Waals surface area contributed by atoms with Gasteiger partial charge in [0.1, 0.15) is 12.4 Å². The maximum absolute atomic E-state index is 12.2. The fraction of sp³-hybridized carbons (Fsp3) is 0.222. The van der Waals surface area contributed by atoms with Gasteiger partial charge in [-0.2, -0.15) is 5.10 Å². The predicted octanol–water partition coefficient (Wildman–Crippen LogP) is 2.13. The van der Waals surface area contributed by atoms with Gasteiger partial charge in [-0.1, -0.05) is 12.1 Å². The van der Waals surface area contributed by atoms with Crippen LogP contribution in [0.2, 0.25) is 0 Å². The van der Waals surface area contributed by atoms with E-state index < -0.39 is 16.0 Å². The summed E-state index contributed by atoms with van der Waals surface area (Å²) in [4.78, 5) is 12.3. The minimum atomic E-state index is -3.55. The Morgan fingerprint density at radius 1 is 1.22 bits per heavy atom. The maximum Gasteiger partial charge on any atom is 0.374 e. The summed E-state index contributed by atoms with van der Waals surface area (Å²) >= 11 is 0. The maximum atomic E-state index is 12.2. The van der Waals surface area contributed by atoms with Crippen molar-refractivity contribution in [3.05, 3.63) is 71.9 Å². The van der Waals surface area contributed by atoms with E-state index in [1.54, 1.807) is 41.3 Å². The zero-order valence-corrected chi connectivity index (χ0v) is 15.7. The Morgan fingerprint density at radius 3 is 2.74 bits per heavy atom.